The number of carboxylic acids is 1. The van der Waals surface area contributed by atoms with Crippen LogP contribution in [0.25, 0.3) is 4.96 Å². The predicted molar refractivity (Wildman–Crippen MR) is 58.5 cm³/mol. The summed E-state index contributed by atoms with van der Waals surface area (Å²) in [6, 6.07) is 0. The summed E-state index contributed by atoms with van der Waals surface area (Å²) in [5.41, 5.74) is 1.04. The van der Waals surface area contributed by atoms with Crippen molar-refractivity contribution in [2.75, 3.05) is 0 Å². The lowest BCUT2D eigenvalue weighted by Gasteiger charge is -1.95. The number of imidazole rings is 1. The summed E-state index contributed by atoms with van der Waals surface area (Å²) in [5.74, 6) is -0.399. The van der Waals surface area contributed by atoms with E-state index in [0.29, 0.717) is 5.92 Å². The Morgan fingerprint density at radius 2 is 2.33 bits per heavy atom. The first-order valence-corrected chi connectivity index (χ1v) is 5.57. The number of hydrogen-bond acceptors (Lipinski definition) is 3. The van der Waals surface area contributed by atoms with Gasteiger partial charge >= 0.3 is 5.97 Å². The molecule has 80 valence electrons. The quantitative estimate of drug-likeness (QED) is 0.869. The molecular weight excluding hydrogens is 212 g/mol. The van der Waals surface area contributed by atoms with Crippen LogP contribution in [0.2, 0.25) is 0 Å². The van der Waals surface area contributed by atoms with Crippen LogP contribution in [-0.2, 0) is 11.2 Å². The summed E-state index contributed by atoms with van der Waals surface area (Å²) in [6.07, 6.45) is 3.87. The van der Waals surface area contributed by atoms with Crippen molar-refractivity contribution in [2.24, 2.45) is 0 Å². The molecule has 0 bridgehead atoms. The van der Waals surface area contributed by atoms with E-state index < -0.39 is 5.97 Å². The molecule has 0 radical (unpaired) electrons. The van der Waals surface area contributed by atoms with Crippen LogP contribution in [0.15, 0.2) is 12.4 Å². The third kappa shape index (κ3) is 2.02. The molecule has 5 heteroatoms. The number of thiazole rings is 1. The average molecular weight is 224 g/mol. The SMILES string of the molecule is CC(C)c1cn2cc(CC(=O)O)sc2n1. The molecular formula is C10H12N2O2S. The zero-order valence-electron chi connectivity index (χ0n) is 8.60. The summed E-state index contributed by atoms with van der Waals surface area (Å²) in [7, 11) is 0. The minimum absolute atomic E-state index is 0.0744. The molecule has 2 heterocycles. The van der Waals surface area contributed by atoms with Crippen molar-refractivity contribution < 1.29 is 9.90 Å². The monoisotopic (exact) mass is 224 g/mol. The van der Waals surface area contributed by atoms with Crippen LogP contribution in [0.4, 0.5) is 0 Å². The maximum absolute atomic E-state index is 10.5. The molecule has 0 spiro atoms. The average Bonchev–Trinajstić information content (AvgIpc) is 2.58. The second-order valence-electron chi connectivity index (χ2n) is 3.78. The van der Waals surface area contributed by atoms with Gasteiger partial charge in [-0.25, -0.2) is 4.98 Å². The molecule has 0 aliphatic rings. The van der Waals surface area contributed by atoms with Gasteiger partial charge in [-0.3, -0.25) is 9.20 Å². The Labute approximate surface area is 91.2 Å². The van der Waals surface area contributed by atoms with E-state index in [2.05, 4.69) is 18.8 Å². The molecule has 0 atom stereocenters. The van der Waals surface area contributed by atoms with Gasteiger partial charge in [0.1, 0.15) is 0 Å². The van der Waals surface area contributed by atoms with Gasteiger partial charge in [0.2, 0.25) is 0 Å². The fraction of sp³-hybridized carbons (Fsp3) is 0.400. The molecule has 0 saturated heterocycles. The Balaban J connectivity index is 2.34. The molecule has 0 saturated carbocycles. The van der Waals surface area contributed by atoms with Gasteiger partial charge in [0, 0.05) is 17.3 Å². The largest absolute Gasteiger partial charge is 0.481 e. The highest BCUT2D eigenvalue weighted by Crippen LogP contribution is 2.21. The standard InChI is InChI=1S/C10H12N2O2S/c1-6(2)8-5-12-4-7(3-9(13)14)15-10(12)11-8/h4-6H,3H2,1-2H3,(H,13,14). The molecule has 2 aromatic heterocycles. The lowest BCUT2D eigenvalue weighted by atomic mass is 10.2. The highest BCUT2D eigenvalue weighted by Gasteiger charge is 2.10. The molecule has 0 aliphatic carbocycles. The van der Waals surface area contributed by atoms with E-state index >= 15 is 0 Å². The highest BCUT2D eigenvalue weighted by atomic mass is 32.1. The van der Waals surface area contributed by atoms with Crippen molar-refractivity contribution in [1.29, 1.82) is 0 Å². The van der Waals surface area contributed by atoms with E-state index in [0.717, 1.165) is 15.5 Å². The number of fused-ring (bicyclic) bond motifs is 1. The topological polar surface area (TPSA) is 54.6 Å². The Kier molecular flexibility index (Phi) is 2.48. The second-order valence-corrected chi connectivity index (χ2v) is 4.87. The number of rotatable bonds is 3. The fourth-order valence-electron chi connectivity index (χ4n) is 1.37. The highest BCUT2D eigenvalue weighted by molar-refractivity contribution is 7.17. The van der Waals surface area contributed by atoms with Gasteiger partial charge in [0.15, 0.2) is 4.96 Å². The van der Waals surface area contributed by atoms with Crippen LogP contribution >= 0.6 is 11.3 Å². The Bertz CT molecular complexity index is 467. The van der Waals surface area contributed by atoms with Gasteiger partial charge in [0.05, 0.1) is 12.1 Å². The van der Waals surface area contributed by atoms with Crippen molar-refractivity contribution in [1.82, 2.24) is 9.38 Å². The van der Waals surface area contributed by atoms with E-state index in [-0.39, 0.29) is 6.42 Å². The number of hydrogen-bond donors (Lipinski definition) is 1. The molecule has 15 heavy (non-hydrogen) atoms. The maximum atomic E-state index is 10.5. The lowest BCUT2D eigenvalue weighted by molar-refractivity contribution is -0.136. The number of carboxylic acid groups (broad SMARTS) is 1. The minimum Gasteiger partial charge on any atom is -0.481 e. The zero-order valence-corrected chi connectivity index (χ0v) is 9.41. The fourth-order valence-corrected chi connectivity index (χ4v) is 2.33. The lowest BCUT2D eigenvalue weighted by Crippen LogP contribution is -1.97. The summed E-state index contributed by atoms with van der Waals surface area (Å²) in [5, 5.41) is 8.65. The normalized spacial score (nSPS) is 11.4. The number of carbonyl (C=O) groups is 1. The van der Waals surface area contributed by atoms with Crippen molar-refractivity contribution in [3.8, 4) is 0 Å². The van der Waals surface area contributed by atoms with Gasteiger partial charge in [-0.05, 0) is 5.92 Å². The molecule has 0 aromatic carbocycles. The number of nitrogens with zero attached hydrogens (tertiary/aromatic N) is 2. The first-order chi connectivity index (χ1) is 7.06. The Morgan fingerprint density at radius 3 is 2.87 bits per heavy atom. The van der Waals surface area contributed by atoms with Crippen molar-refractivity contribution in [3.05, 3.63) is 23.0 Å². The van der Waals surface area contributed by atoms with Crippen molar-refractivity contribution >= 4 is 22.3 Å². The molecule has 1 N–H and O–H groups in total. The molecule has 0 aliphatic heterocycles. The first kappa shape index (κ1) is 10.2. The summed E-state index contributed by atoms with van der Waals surface area (Å²) < 4.78 is 1.90. The maximum Gasteiger partial charge on any atom is 0.308 e. The number of aromatic nitrogens is 2. The molecule has 0 amide bonds. The summed E-state index contributed by atoms with van der Waals surface area (Å²) >= 11 is 1.43. The van der Waals surface area contributed by atoms with Crippen LogP contribution in [0.5, 0.6) is 0 Å². The van der Waals surface area contributed by atoms with Crippen LogP contribution in [-0.4, -0.2) is 20.5 Å². The van der Waals surface area contributed by atoms with Crippen LogP contribution in [0, 0.1) is 0 Å². The summed E-state index contributed by atoms with van der Waals surface area (Å²) in [4.78, 5) is 16.7. The predicted octanol–water partition coefficient (Wildman–Crippen LogP) is 2.15. The van der Waals surface area contributed by atoms with Crippen molar-refractivity contribution in [2.45, 2.75) is 26.2 Å². The van der Waals surface area contributed by atoms with Gasteiger partial charge in [-0.1, -0.05) is 13.8 Å². The van der Waals surface area contributed by atoms with E-state index in [1.54, 1.807) is 0 Å². The van der Waals surface area contributed by atoms with E-state index in [9.17, 15) is 4.79 Å². The van der Waals surface area contributed by atoms with Crippen LogP contribution < -0.4 is 0 Å². The number of aliphatic carboxylic acids is 1. The van der Waals surface area contributed by atoms with Crippen molar-refractivity contribution in [3.63, 3.8) is 0 Å². The van der Waals surface area contributed by atoms with E-state index in [4.69, 9.17) is 5.11 Å². The summed E-state index contributed by atoms with van der Waals surface area (Å²) in [6.45, 7) is 4.18. The Hall–Kier alpha value is -1.36. The molecule has 2 aromatic rings. The van der Waals surface area contributed by atoms with Gasteiger partial charge < -0.3 is 5.11 Å². The first-order valence-electron chi connectivity index (χ1n) is 4.75. The Morgan fingerprint density at radius 1 is 1.60 bits per heavy atom. The molecule has 0 fully saturated rings. The third-order valence-corrected chi connectivity index (χ3v) is 3.14. The van der Waals surface area contributed by atoms with E-state index in [1.165, 1.54) is 11.3 Å². The van der Waals surface area contributed by atoms with Crippen LogP contribution in [0.1, 0.15) is 30.3 Å². The van der Waals surface area contributed by atoms with Gasteiger partial charge in [-0.2, -0.15) is 0 Å². The smallest absolute Gasteiger partial charge is 0.308 e. The zero-order chi connectivity index (χ0) is 11.0. The second kappa shape index (κ2) is 3.66. The van der Waals surface area contributed by atoms with Gasteiger partial charge in [-0.15, -0.1) is 11.3 Å². The molecule has 4 nitrogen and oxygen atoms in total. The van der Waals surface area contributed by atoms with E-state index in [1.807, 2.05) is 16.8 Å². The van der Waals surface area contributed by atoms with Gasteiger partial charge in [0.25, 0.3) is 0 Å². The molecule has 0 unspecified atom stereocenters. The van der Waals surface area contributed by atoms with Crippen LogP contribution in [0.3, 0.4) is 0 Å². The minimum atomic E-state index is -0.802. The third-order valence-electron chi connectivity index (χ3n) is 2.14. The molecule has 2 rings (SSSR count).